The Labute approximate surface area is 147 Å². The monoisotopic (exact) mass is 362 g/mol. The van der Waals surface area contributed by atoms with Crippen LogP contribution in [0, 0.1) is 0 Å². The minimum Gasteiger partial charge on any atom is -0.480 e. The third-order valence-corrected chi connectivity index (χ3v) is 4.15. The maximum atomic E-state index is 12.0. The van der Waals surface area contributed by atoms with E-state index < -0.39 is 17.9 Å². The van der Waals surface area contributed by atoms with E-state index in [4.69, 9.17) is 5.11 Å². The van der Waals surface area contributed by atoms with Gasteiger partial charge in [-0.05, 0) is 58.3 Å². The number of hydrogen-bond acceptors (Lipinski definition) is 6. The van der Waals surface area contributed by atoms with Crippen molar-refractivity contribution in [2.75, 3.05) is 39.2 Å². The van der Waals surface area contributed by atoms with Crippen LogP contribution >= 0.6 is 11.8 Å². The van der Waals surface area contributed by atoms with Crippen molar-refractivity contribution in [2.45, 2.75) is 37.8 Å². The second-order valence-corrected chi connectivity index (χ2v) is 6.38. The lowest BCUT2D eigenvalue weighted by Crippen LogP contribution is -2.49. The van der Waals surface area contributed by atoms with Crippen LogP contribution in [0.2, 0.25) is 0 Å². The Morgan fingerprint density at radius 3 is 2.33 bits per heavy atom. The number of rotatable bonds is 14. The average molecular weight is 362 g/mol. The van der Waals surface area contributed by atoms with Gasteiger partial charge < -0.3 is 26.4 Å². The van der Waals surface area contributed by atoms with Gasteiger partial charge in [0.2, 0.25) is 11.8 Å². The number of carbonyl (C=O) groups is 3. The zero-order chi connectivity index (χ0) is 18.4. The molecule has 0 aromatic rings. The first-order valence-electron chi connectivity index (χ1n) is 8.06. The van der Waals surface area contributed by atoms with Crippen LogP contribution in [0.3, 0.4) is 0 Å². The molecule has 5 N–H and O–H groups in total. The summed E-state index contributed by atoms with van der Waals surface area (Å²) < 4.78 is 0. The molecule has 2 atom stereocenters. The SMILES string of the molecule is CNCCCCC(NC(=O)CNC(=O)C(CCSC)NC)C(=O)O. The van der Waals surface area contributed by atoms with E-state index in [-0.39, 0.29) is 18.5 Å². The Hall–Kier alpha value is -1.32. The van der Waals surface area contributed by atoms with Gasteiger partial charge in [0, 0.05) is 0 Å². The topological polar surface area (TPSA) is 120 Å². The molecule has 24 heavy (non-hydrogen) atoms. The zero-order valence-electron chi connectivity index (χ0n) is 14.7. The lowest BCUT2D eigenvalue weighted by Gasteiger charge is -2.17. The predicted molar refractivity (Wildman–Crippen MR) is 96.2 cm³/mol. The standard InChI is InChI=1S/C15H30N4O4S/c1-16-8-5-4-6-12(15(22)23)19-13(20)10-18-14(21)11(17-2)7-9-24-3/h11-12,16-17H,4-10H2,1-3H3,(H,18,21)(H,19,20)(H,22,23). The number of carboxylic acid groups (broad SMARTS) is 1. The molecule has 0 spiro atoms. The highest BCUT2D eigenvalue weighted by Crippen LogP contribution is 2.02. The molecule has 9 heteroatoms. The molecule has 0 aliphatic heterocycles. The predicted octanol–water partition coefficient (Wildman–Crippen LogP) is -0.597. The van der Waals surface area contributed by atoms with Crippen LogP contribution < -0.4 is 21.3 Å². The number of likely N-dealkylation sites (N-methyl/N-ethyl adjacent to an activating group) is 1. The third kappa shape index (κ3) is 10.5. The van der Waals surface area contributed by atoms with Crippen LogP contribution in [0.1, 0.15) is 25.7 Å². The van der Waals surface area contributed by atoms with Crippen LogP contribution in [0.25, 0.3) is 0 Å². The molecule has 2 amide bonds. The molecule has 2 unspecified atom stereocenters. The van der Waals surface area contributed by atoms with Gasteiger partial charge >= 0.3 is 5.97 Å². The smallest absolute Gasteiger partial charge is 0.326 e. The van der Waals surface area contributed by atoms with E-state index in [0.717, 1.165) is 18.7 Å². The molecule has 0 heterocycles. The summed E-state index contributed by atoms with van der Waals surface area (Å²) >= 11 is 1.64. The molecular formula is C15H30N4O4S. The van der Waals surface area contributed by atoms with E-state index in [2.05, 4.69) is 21.3 Å². The van der Waals surface area contributed by atoms with E-state index in [0.29, 0.717) is 19.3 Å². The number of aliphatic carboxylic acids is 1. The van der Waals surface area contributed by atoms with Crippen LogP contribution in [0.4, 0.5) is 0 Å². The molecule has 0 saturated carbocycles. The summed E-state index contributed by atoms with van der Waals surface area (Å²) in [6.07, 6.45) is 4.52. The highest BCUT2D eigenvalue weighted by atomic mass is 32.2. The van der Waals surface area contributed by atoms with Gasteiger partial charge in [-0.15, -0.1) is 0 Å². The highest BCUT2D eigenvalue weighted by Gasteiger charge is 2.21. The second-order valence-electron chi connectivity index (χ2n) is 5.40. The molecule has 0 fully saturated rings. The maximum Gasteiger partial charge on any atom is 0.326 e. The minimum absolute atomic E-state index is 0.226. The number of amides is 2. The molecule has 0 aliphatic rings. The normalized spacial score (nSPS) is 13.1. The third-order valence-electron chi connectivity index (χ3n) is 3.50. The maximum absolute atomic E-state index is 12.0. The van der Waals surface area contributed by atoms with Gasteiger partial charge in [-0.1, -0.05) is 0 Å². The van der Waals surface area contributed by atoms with Crippen molar-refractivity contribution in [3.8, 4) is 0 Å². The fraction of sp³-hybridized carbons (Fsp3) is 0.800. The highest BCUT2D eigenvalue weighted by molar-refractivity contribution is 7.98. The number of carbonyl (C=O) groups excluding carboxylic acids is 2. The van der Waals surface area contributed by atoms with Gasteiger partial charge in [-0.3, -0.25) is 9.59 Å². The van der Waals surface area contributed by atoms with Crippen molar-refractivity contribution < 1.29 is 19.5 Å². The van der Waals surface area contributed by atoms with Crippen LogP contribution in [-0.2, 0) is 14.4 Å². The fourth-order valence-corrected chi connectivity index (χ4v) is 2.56. The number of thioether (sulfide) groups is 1. The Bertz CT molecular complexity index is 396. The molecule has 0 radical (unpaired) electrons. The number of hydrogen-bond donors (Lipinski definition) is 5. The van der Waals surface area contributed by atoms with E-state index in [1.807, 2.05) is 13.3 Å². The summed E-state index contributed by atoms with van der Waals surface area (Å²) in [5.74, 6) is -0.988. The van der Waals surface area contributed by atoms with Gasteiger partial charge in [0.05, 0.1) is 12.6 Å². The summed E-state index contributed by atoms with van der Waals surface area (Å²) in [6, 6.07) is -1.29. The Kier molecular flexibility index (Phi) is 13.3. The summed E-state index contributed by atoms with van der Waals surface area (Å²) in [5, 5.41) is 20.0. The second kappa shape index (κ2) is 14.1. The molecule has 0 rings (SSSR count). The lowest BCUT2D eigenvalue weighted by atomic mass is 10.1. The van der Waals surface area contributed by atoms with E-state index in [1.165, 1.54) is 0 Å². The Morgan fingerprint density at radius 1 is 1.08 bits per heavy atom. The van der Waals surface area contributed by atoms with Crippen LogP contribution in [0.15, 0.2) is 0 Å². The number of carboxylic acids is 1. The van der Waals surface area contributed by atoms with Crippen LogP contribution in [-0.4, -0.2) is 74.2 Å². The largest absolute Gasteiger partial charge is 0.480 e. The molecular weight excluding hydrogens is 332 g/mol. The number of nitrogens with one attached hydrogen (secondary N) is 4. The molecule has 0 bridgehead atoms. The zero-order valence-corrected chi connectivity index (χ0v) is 15.5. The summed E-state index contributed by atoms with van der Waals surface area (Å²) in [4.78, 5) is 35.0. The Morgan fingerprint density at radius 2 is 1.79 bits per heavy atom. The number of unbranched alkanes of at least 4 members (excludes halogenated alkanes) is 1. The fourth-order valence-electron chi connectivity index (χ4n) is 2.09. The van der Waals surface area contributed by atoms with Crippen LogP contribution in [0.5, 0.6) is 0 Å². The first-order valence-corrected chi connectivity index (χ1v) is 9.46. The van der Waals surface area contributed by atoms with E-state index in [1.54, 1.807) is 18.8 Å². The molecule has 8 nitrogen and oxygen atoms in total. The van der Waals surface area contributed by atoms with Gasteiger partial charge in [0.1, 0.15) is 6.04 Å². The Balaban J connectivity index is 4.23. The minimum atomic E-state index is -1.06. The quantitative estimate of drug-likeness (QED) is 0.262. The molecule has 0 saturated heterocycles. The first kappa shape index (κ1) is 22.7. The molecule has 140 valence electrons. The molecule has 0 aliphatic carbocycles. The summed E-state index contributed by atoms with van der Waals surface area (Å²) in [6.45, 7) is 0.578. The average Bonchev–Trinajstić information content (AvgIpc) is 2.56. The van der Waals surface area contributed by atoms with Gasteiger partial charge in [-0.2, -0.15) is 11.8 Å². The lowest BCUT2D eigenvalue weighted by molar-refractivity contribution is -0.142. The van der Waals surface area contributed by atoms with Gasteiger partial charge in [0.25, 0.3) is 0 Å². The van der Waals surface area contributed by atoms with Crippen molar-refractivity contribution in [3.05, 3.63) is 0 Å². The molecule has 0 aromatic heterocycles. The van der Waals surface area contributed by atoms with Crippen molar-refractivity contribution in [1.82, 2.24) is 21.3 Å². The van der Waals surface area contributed by atoms with Gasteiger partial charge in [0.15, 0.2) is 0 Å². The van der Waals surface area contributed by atoms with Crippen molar-refractivity contribution >= 4 is 29.5 Å². The summed E-state index contributed by atoms with van der Waals surface area (Å²) in [5.41, 5.74) is 0. The first-order chi connectivity index (χ1) is 11.5. The summed E-state index contributed by atoms with van der Waals surface area (Å²) in [7, 11) is 3.52. The van der Waals surface area contributed by atoms with Gasteiger partial charge in [-0.25, -0.2) is 4.79 Å². The van der Waals surface area contributed by atoms with Crippen molar-refractivity contribution in [1.29, 1.82) is 0 Å². The van der Waals surface area contributed by atoms with Crippen molar-refractivity contribution in [3.63, 3.8) is 0 Å². The van der Waals surface area contributed by atoms with E-state index in [9.17, 15) is 14.4 Å². The molecule has 0 aromatic carbocycles. The van der Waals surface area contributed by atoms with E-state index >= 15 is 0 Å². The van der Waals surface area contributed by atoms with Crippen molar-refractivity contribution in [2.24, 2.45) is 0 Å².